The third-order valence-corrected chi connectivity index (χ3v) is 6.69. The Balaban J connectivity index is 1.75. The van der Waals surface area contributed by atoms with Gasteiger partial charge in [-0.2, -0.15) is 0 Å². The van der Waals surface area contributed by atoms with Gasteiger partial charge in [0.25, 0.3) is 0 Å². The van der Waals surface area contributed by atoms with Gasteiger partial charge >= 0.3 is 5.97 Å². The van der Waals surface area contributed by atoms with Crippen molar-refractivity contribution in [1.82, 2.24) is 9.88 Å². The molecule has 0 bridgehead atoms. The van der Waals surface area contributed by atoms with E-state index in [1.165, 1.54) is 5.39 Å². The molecule has 0 saturated carbocycles. The Labute approximate surface area is 194 Å². The lowest BCUT2D eigenvalue weighted by Gasteiger charge is -2.40. The van der Waals surface area contributed by atoms with Gasteiger partial charge < -0.3 is 24.9 Å². The number of benzene rings is 2. The molecule has 2 heterocycles. The second-order valence-electron chi connectivity index (χ2n) is 8.59. The van der Waals surface area contributed by atoms with Crippen molar-refractivity contribution in [3.8, 4) is 5.75 Å². The molecule has 0 spiro atoms. The summed E-state index contributed by atoms with van der Waals surface area (Å²) in [5.41, 5.74) is 5.65. The first-order valence-corrected chi connectivity index (χ1v) is 11.5. The van der Waals surface area contributed by atoms with Crippen LogP contribution in [0.5, 0.6) is 5.75 Å². The lowest BCUT2D eigenvalue weighted by molar-refractivity contribution is -0.0136. The first kappa shape index (κ1) is 23.1. The van der Waals surface area contributed by atoms with Crippen LogP contribution in [0.15, 0.2) is 36.5 Å². The third kappa shape index (κ3) is 4.56. The average Bonchev–Trinajstić information content (AvgIpc) is 3.32. The number of aromatic amines is 1. The first-order chi connectivity index (χ1) is 16.0. The molecule has 0 aliphatic carbocycles. The van der Waals surface area contributed by atoms with Crippen LogP contribution in [0.3, 0.4) is 0 Å². The maximum Gasteiger partial charge on any atom is 0.335 e. The van der Waals surface area contributed by atoms with Crippen LogP contribution in [0.25, 0.3) is 10.9 Å². The van der Waals surface area contributed by atoms with Crippen molar-refractivity contribution in [2.75, 3.05) is 32.6 Å². The molecule has 3 aromatic rings. The number of aromatic nitrogens is 1. The Kier molecular flexibility index (Phi) is 6.91. The molecule has 0 radical (unpaired) electrons. The summed E-state index contributed by atoms with van der Waals surface area (Å²) in [6, 6.07) is 9.65. The lowest BCUT2D eigenvalue weighted by atomic mass is 9.90. The summed E-state index contributed by atoms with van der Waals surface area (Å²) in [7, 11) is 3.56. The predicted octanol–water partition coefficient (Wildman–Crippen LogP) is 4.97. The van der Waals surface area contributed by atoms with Crippen molar-refractivity contribution < 1.29 is 19.4 Å². The van der Waals surface area contributed by atoms with Crippen molar-refractivity contribution in [2.45, 2.75) is 45.4 Å². The standard InChI is InChI=1S/C26H33N3O4/c1-5-33-18-9-11-29(15-21-19-8-10-28-25(19)16(2)12-24(21)32-4)23(14-18)20-7-6-17(26(30)31)13-22(20)27-3/h6-8,10,12-13,18,23,27-28H,5,9,11,14-15H2,1-4H3,(H,30,31)/t18-,23-/m0/s1. The van der Waals surface area contributed by atoms with Gasteiger partial charge in [0.05, 0.1) is 18.8 Å². The maximum absolute atomic E-state index is 11.5. The van der Waals surface area contributed by atoms with E-state index in [4.69, 9.17) is 9.47 Å². The maximum atomic E-state index is 11.5. The molecule has 33 heavy (non-hydrogen) atoms. The van der Waals surface area contributed by atoms with Crippen LogP contribution in [0, 0.1) is 6.92 Å². The van der Waals surface area contributed by atoms with Crippen LogP contribution in [0.4, 0.5) is 5.69 Å². The molecule has 176 valence electrons. The van der Waals surface area contributed by atoms with Gasteiger partial charge in [-0.05, 0) is 62.1 Å². The van der Waals surface area contributed by atoms with Gasteiger partial charge in [0.15, 0.2) is 0 Å². The molecule has 7 heteroatoms. The summed E-state index contributed by atoms with van der Waals surface area (Å²) < 4.78 is 11.8. The van der Waals surface area contributed by atoms with Crippen LogP contribution < -0.4 is 10.1 Å². The summed E-state index contributed by atoms with van der Waals surface area (Å²) in [5.74, 6) is -0.0367. The number of hydrogen-bond donors (Lipinski definition) is 3. The van der Waals surface area contributed by atoms with E-state index in [1.54, 1.807) is 19.2 Å². The van der Waals surface area contributed by atoms with Crippen molar-refractivity contribution in [3.63, 3.8) is 0 Å². The predicted molar refractivity (Wildman–Crippen MR) is 130 cm³/mol. The molecule has 1 aliphatic rings. The fraction of sp³-hybridized carbons (Fsp3) is 0.423. The van der Waals surface area contributed by atoms with Crippen molar-refractivity contribution >= 4 is 22.6 Å². The number of rotatable bonds is 8. The van der Waals surface area contributed by atoms with E-state index in [0.717, 1.165) is 59.6 Å². The minimum Gasteiger partial charge on any atom is -0.496 e. The minimum absolute atomic E-state index is 0.0839. The van der Waals surface area contributed by atoms with Gasteiger partial charge in [-0.3, -0.25) is 4.90 Å². The second-order valence-corrected chi connectivity index (χ2v) is 8.59. The highest BCUT2D eigenvalue weighted by Gasteiger charge is 2.32. The second kappa shape index (κ2) is 9.85. The van der Waals surface area contributed by atoms with Gasteiger partial charge in [0.1, 0.15) is 5.75 Å². The van der Waals surface area contributed by atoms with Gasteiger partial charge in [-0.1, -0.05) is 6.07 Å². The fourth-order valence-electron chi connectivity index (χ4n) is 5.06. The normalized spacial score (nSPS) is 19.0. The number of aryl methyl sites for hydroxylation is 1. The molecule has 0 unspecified atom stereocenters. The van der Waals surface area contributed by atoms with Crippen molar-refractivity contribution in [3.05, 3.63) is 58.8 Å². The van der Waals surface area contributed by atoms with Crippen LogP contribution in [0.2, 0.25) is 0 Å². The fourth-order valence-corrected chi connectivity index (χ4v) is 5.06. The number of carboxylic acid groups (broad SMARTS) is 1. The van der Waals surface area contributed by atoms with E-state index in [0.29, 0.717) is 6.61 Å². The number of hydrogen-bond acceptors (Lipinski definition) is 5. The number of nitrogens with one attached hydrogen (secondary N) is 2. The number of methoxy groups -OCH3 is 1. The number of H-pyrrole nitrogens is 1. The zero-order valence-electron chi connectivity index (χ0n) is 19.8. The summed E-state index contributed by atoms with van der Waals surface area (Å²) in [6.07, 6.45) is 3.95. The summed E-state index contributed by atoms with van der Waals surface area (Å²) in [6.45, 7) is 6.41. The molecule has 7 nitrogen and oxygen atoms in total. The lowest BCUT2D eigenvalue weighted by Crippen LogP contribution is -2.39. The Morgan fingerprint density at radius 3 is 2.82 bits per heavy atom. The molecule has 4 rings (SSSR count). The molecule has 1 aliphatic heterocycles. The summed E-state index contributed by atoms with van der Waals surface area (Å²) >= 11 is 0. The Bertz CT molecular complexity index is 1140. The Morgan fingerprint density at radius 2 is 2.12 bits per heavy atom. The molecule has 1 fully saturated rings. The van der Waals surface area contributed by atoms with Crippen LogP contribution in [-0.4, -0.2) is 54.4 Å². The number of carboxylic acids is 1. The SMILES string of the molecule is CCO[C@H]1CCN(Cc2c(OC)cc(C)c3[nH]ccc23)[C@H](c2ccc(C(=O)O)cc2NC)C1. The number of ether oxygens (including phenoxy) is 2. The molecule has 2 atom stereocenters. The van der Waals surface area contributed by atoms with Gasteiger partial charge in [-0.15, -0.1) is 0 Å². The van der Waals surface area contributed by atoms with Crippen molar-refractivity contribution in [2.24, 2.45) is 0 Å². The molecule has 1 aromatic heterocycles. The Hall–Kier alpha value is -3.03. The highest BCUT2D eigenvalue weighted by atomic mass is 16.5. The number of fused-ring (bicyclic) bond motifs is 1. The number of nitrogens with zero attached hydrogens (tertiary/aromatic N) is 1. The largest absolute Gasteiger partial charge is 0.496 e. The minimum atomic E-state index is -0.926. The van der Waals surface area contributed by atoms with Crippen molar-refractivity contribution in [1.29, 1.82) is 0 Å². The van der Waals surface area contributed by atoms with Crippen LogP contribution >= 0.6 is 0 Å². The molecule has 3 N–H and O–H groups in total. The topological polar surface area (TPSA) is 86.8 Å². The number of carbonyl (C=O) groups is 1. The quantitative estimate of drug-likeness (QED) is 0.448. The van der Waals surface area contributed by atoms with E-state index in [-0.39, 0.29) is 17.7 Å². The van der Waals surface area contributed by atoms with E-state index in [1.807, 2.05) is 26.2 Å². The van der Waals surface area contributed by atoms with Gasteiger partial charge in [0, 0.05) is 61.1 Å². The average molecular weight is 452 g/mol. The smallest absolute Gasteiger partial charge is 0.335 e. The molecule has 2 aromatic carbocycles. The number of piperidine rings is 1. The third-order valence-electron chi connectivity index (χ3n) is 6.69. The molecular formula is C26H33N3O4. The summed E-state index contributed by atoms with van der Waals surface area (Å²) in [4.78, 5) is 17.3. The number of anilines is 1. The number of likely N-dealkylation sites (tertiary alicyclic amines) is 1. The van der Waals surface area contributed by atoms with Gasteiger partial charge in [0.2, 0.25) is 0 Å². The molecule has 0 amide bonds. The highest BCUT2D eigenvalue weighted by molar-refractivity contribution is 5.89. The monoisotopic (exact) mass is 451 g/mol. The number of aromatic carboxylic acids is 1. The molecular weight excluding hydrogens is 418 g/mol. The zero-order valence-corrected chi connectivity index (χ0v) is 19.8. The molecule has 1 saturated heterocycles. The van der Waals surface area contributed by atoms with Gasteiger partial charge in [-0.25, -0.2) is 4.79 Å². The zero-order chi connectivity index (χ0) is 23.5. The van der Waals surface area contributed by atoms with E-state index in [9.17, 15) is 9.90 Å². The summed E-state index contributed by atoms with van der Waals surface area (Å²) in [5, 5.41) is 13.8. The van der Waals surface area contributed by atoms with E-state index < -0.39 is 5.97 Å². The van der Waals surface area contributed by atoms with Crippen LogP contribution in [0.1, 0.15) is 52.9 Å². The first-order valence-electron chi connectivity index (χ1n) is 11.5. The Morgan fingerprint density at radius 1 is 1.30 bits per heavy atom. The highest BCUT2D eigenvalue weighted by Crippen LogP contribution is 2.40. The van der Waals surface area contributed by atoms with Crippen LogP contribution in [-0.2, 0) is 11.3 Å². The van der Waals surface area contributed by atoms with E-state index in [2.05, 4.69) is 34.3 Å². The van der Waals surface area contributed by atoms with E-state index >= 15 is 0 Å².